The zero-order valence-corrected chi connectivity index (χ0v) is 18.0. The van der Waals surface area contributed by atoms with Gasteiger partial charge in [0.15, 0.2) is 5.96 Å². The highest BCUT2D eigenvalue weighted by atomic mass is 16.5. The number of benzene rings is 2. The van der Waals surface area contributed by atoms with Gasteiger partial charge in [-0.15, -0.1) is 0 Å². The van der Waals surface area contributed by atoms with Gasteiger partial charge in [-0.3, -0.25) is 9.79 Å². The van der Waals surface area contributed by atoms with Gasteiger partial charge in [-0.1, -0.05) is 38.1 Å². The summed E-state index contributed by atoms with van der Waals surface area (Å²) in [7, 11) is 3.42. The molecule has 156 valence electrons. The Morgan fingerprint density at radius 3 is 2.55 bits per heavy atom. The summed E-state index contributed by atoms with van der Waals surface area (Å²) in [6.45, 7) is 7.31. The van der Waals surface area contributed by atoms with Crippen molar-refractivity contribution in [3.63, 3.8) is 0 Å². The molecule has 0 heterocycles. The van der Waals surface area contributed by atoms with Gasteiger partial charge < -0.3 is 20.7 Å². The van der Waals surface area contributed by atoms with E-state index in [1.54, 1.807) is 14.2 Å². The van der Waals surface area contributed by atoms with Crippen molar-refractivity contribution in [2.24, 2.45) is 10.9 Å². The standard InChI is InChI=1S/C23H32N4O2/c1-16(2)11-22(28)27-20-8-6-7-18(13-20)14-25-23(24-4)26-15-19-10-9-17(3)12-21(19)29-5/h6-10,12-13,16H,11,14-15H2,1-5H3,(H,27,28)(H2,24,25,26). The Balaban J connectivity index is 1.91. The molecule has 0 radical (unpaired) electrons. The quantitative estimate of drug-likeness (QED) is 0.468. The van der Waals surface area contributed by atoms with E-state index in [9.17, 15) is 4.79 Å². The summed E-state index contributed by atoms with van der Waals surface area (Å²) in [6.07, 6.45) is 0.515. The Labute approximate surface area is 173 Å². The van der Waals surface area contributed by atoms with Crippen molar-refractivity contribution in [2.45, 2.75) is 40.3 Å². The van der Waals surface area contributed by atoms with Crippen LogP contribution in [0.4, 0.5) is 5.69 Å². The minimum atomic E-state index is 0.0367. The molecule has 2 aromatic carbocycles. The number of ether oxygens (including phenoxy) is 1. The molecule has 0 aliphatic carbocycles. The average Bonchev–Trinajstić information content (AvgIpc) is 2.68. The number of nitrogens with zero attached hydrogens (tertiary/aromatic N) is 1. The van der Waals surface area contributed by atoms with E-state index in [4.69, 9.17) is 4.74 Å². The van der Waals surface area contributed by atoms with Crippen LogP contribution in [-0.2, 0) is 17.9 Å². The number of anilines is 1. The van der Waals surface area contributed by atoms with Crippen LogP contribution in [0.1, 0.15) is 37.0 Å². The highest BCUT2D eigenvalue weighted by Gasteiger charge is 2.07. The number of methoxy groups -OCH3 is 1. The smallest absolute Gasteiger partial charge is 0.224 e. The second kappa shape index (κ2) is 11.1. The van der Waals surface area contributed by atoms with Crippen molar-refractivity contribution in [3.05, 3.63) is 59.2 Å². The molecule has 0 aliphatic rings. The van der Waals surface area contributed by atoms with Crippen LogP contribution in [0.2, 0.25) is 0 Å². The van der Waals surface area contributed by atoms with Crippen molar-refractivity contribution >= 4 is 17.6 Å². The second-order valence-corrected chi connectivity index (χ2v) is 7.44. The fourth-order valence-corrected chi connectivity index (χ4v) is 2.93. The van der Waals surface area contributed by atoms with Gasteiger partial charge in [-0.2, -0.15) is 0 Å². The molecule has 0 saturated heterocycles. The van der Waals surface area contributed by atoms with Crippen LogP contribution in [0.3, 0.4) is 0 Å². The summed E-state index contributed by atoms with van der Waals surface area (Å²) in [5, 5.41) is 9.56. The van der Waals surface area contributed by atoms with Gasteiger partial charge in [0.05, 0.1) is 7.11 Å². The highest BCUT2D eigenvalue weighted by molar-refractivity contribution is 5.90. The molecule has 1 amide bonds. The monoisotopic (exact) mass is 396 g/mol. The maximum atomic E-state index is 12.0. The van der Waals surface area contributed by atoms with Gasteiger partial charge in [-0.25, -0.2) is 0 Å². The first-order valence-electron chi connectivity index (χ1n) is 9.88. The number of carbonyl (C=O) groups excluding carboxylic acids is 1. The third kappa shape index (κ3) is 7.49. The van der Waals surface area contributed by atoms with Gasteiger partial charge in [-0.05, 0) is 42.2 Å². The normalized spacial score (nSPS) is 11.3. The van der Waals surface area contributed by atoms with E-state index in [1.165, 1.54) is 0 Å². The first kappa shape index (κ1) is 22.3. The second-order valence-electron chi connectivity index (χ2n) is 7.44. The third-order valence-corrected chi connectivity index (χ3v) is 4.38. The van der Waals surface area contributed by atoms with Crippen LogP contribution in [0.5, 0.6) is 5.75 Å². The molecule has 29 heavy (non-hydrogen) atoms. The molecular formula is C23H32N4O2. The molecular weight excluding hydrogens is 364 g/mol. The van der Waals surface area contributed by atoms with E-state index in [2.05, 4.69) is 33.1 Å². The molecule has 0 spiro atoms. The molecule has 2 aromatic rings. The van der Waals surface area contributed by atoms with Crippen LogP contribution in [0.15, 0.2) is 47.5 Å². The molecule has 6 heteroatoms. The molecule has 0 saturated carbocycles. The van der Waals surface area contributed by atoms with Gasteiger partial charge in [0, 0.05) is 37.8 Å². The Morgan fingerprint density at radius 2 is 1.86 bits per heavy atom. The largest absolute Gasteiger partial charge is 0.496 e. The van der Waals surface area contributed by atoms with Crippen molar-refractivity contribution < 1.29 is 9.53 Å². The lowest BCUT2D eigenvalue weighted by Crippen LogP contribution is -2.36. The molecule has 0 atom stereocenters. The summed E-state index contributed by atoms with van der Waals surface area (Å²) in [4.78, 5) is 16.3. The molecule has 0 unspecified atom stereocenters. The van der Waals surface area contributed by atoms with Crippen LogP contribution < -0.4 is 20.7 Å². The molecule has 2 rings (SSSR count). The summed E-state index contributed by atoms with van der Waals surface area (Å²) in [5.74, 6) is 1.93. The zero-order chi connectivity index (χ0) is 21.2. The Kier molecular flexibility index (Phi) is 8.52. The average molecular weight is 397 g/mol. The van der Waals surface area contributed by atoms with Gasteiger partial charge >= 0.3 is 0 Å². The van der Waals surface area contributed by atoms with Crippen molar-refractivity contribution in [1.82, 2.24) is 10.6 Å². The first-order chi connectivity index (χ1) is 13.9. The summed E-state index contributed by atoms with van der Waals surface area (Å²) < 4.78 is 5.46. The maximum absolute atomic E-state index is 12.0. The maximum Gasteiger partial charge on any atom is 0.224 e. The van der Waals surface area contributed by atoms with Gasteiger partial charge in [0.2, 0.25) is 5.91 Å². The number of carbonyl (C=O) groups is 1. The third-order valence-electron chi connectivity index (χ3n) is 4.38. The predicted octanol–water partition coefficient (Wildman–Crippen LogP) is 3.85. The van der Waals surface area contributed by atoms with Crippen LogP contribution >= 0.6 is 0 Å². The minimum absolute atomic E-state index is 0.0367. The van der Waals surface area contributed by atoms with Gasteiger partial charge in [0.25, 0.3) is 0 Å². The predicted molar refractivity (Wildman–Crippen MR) is 119 cm³/mol. The lowest BCUT2D eigenvalue weighted by Gasteiger charge is -2.15. The van der Waals surface area contributed by atoms with Gasteiger partial charge in [0.1, 0.15) is 5.75 Å². The molecule has 0 aromatic heterocycles. The van der Waals surface area contributed by atoms with E-state index in [0.717, 1.165) is 28.1 Å². The molecule has 0 bridgehead atoms. The number of amides is 1. The van der Waals surface area contributed by atoms with E-state index >= 15 is 0 Å². The Bertz CT molecular complexity index is 847. The Morgan fingerprint density at radius 1 is 1.10 bits per heavy atom. The molecule has 0 aliphatic heterocycles. The number of guanidine groups is 1. The van der Waals surface area contributed by atoms with E-state index < -0.39 is 0 Å². The lowest BCUT2D eigenvalue weighted by atomic mass is 10.1. The van der Waals surface area contributed by atoms with Crippen LogP contribution in [-0.4, -0.2) is 26.0 Å². The molecule has 3 N–H and O–H groups in total. The topological polar surface area (TPSA) is 74.8 Å². The van der Waals surface area contributed by atoms with Crippen molar-refractivity contribution in [2.75, 3.05) is 19.5 Å². The first-order valence-corrected chi connectivity index (χ1v) is 9.88. The summed E-state index contributed by atoms with van der Waals surface area (Å²) >= 11 is 0. The number of hydrogen-bond donors (Lipinski definition) is 3. The Hall–Kier alpha value is -3.02. The number of aliphatic imine (C=N–C) groups is 1. The van der Waals surface area contributed by atoms with E-state index in [-0.39, 0.29) is 5.91 Å². The van der Waals surface area contributed by atoms with Crippen LogP contribution in [0, 0.1) is 12.8 Å². The number of nitrogens with one attached hydrogen (secondary N) is 3. The summed E-state index contributed by atoms with van der Waals surface area (Å²) in [5.41, 5.74) is 4.09. The fourth-order valence-electron chi connectivity index (χ4n) is 2.93. The van der Waals surface area contributed by atoms with Crippen LogP contribution in [0.25, 0.3) is 0 Å². The fraction of sp³-hybridized carbons (Fsp3) is 0.391. The summed E-state index contributed by atoms with van der Waals surface area (Å²) in [6, 6.07) is 14.0. The van der Waals surface area contributed by atoms with Crippen molar-refractivity contribution in [1.29, 1.82) is 0 Å². The number of aryl methyl sites for hydroxylation is 1. The lowest BCUT2D eigenvalue weighted by molar-refractivity contribution is -0.116. The SMILES string of the molecule is CN=C(NCc1cccc(NC(=O)CC(C)C)c1)NCc1ccc(C)cc1OC. The number of rotatable bonds is 8. The molecule has 0 fully saturated rings. The number of hydrogen-bond acceptors (Lipinski definition) is 3. The zero-order valence-electron chi connectivity index (χ0n) is 18.0. The van der Waals surface area contributed by atoms with E-state index in [0.29, 0.717) is 31.4 Å². The van der Waals surface area contributed by atoms with E-state index in [1.807, 2.05) is 51.1 Å². The van der Waals surface area contributed by atoms with Crippen molar-refractivity contribution in [3.8, 4) is 5.75 Å². The highest BCUT2D eigenvalue weighted by Crippen LogP contribution is 2.19. The minimum Gasteiger partial charge on any atom is -0.496 e. The molecule has 6 nitrogen and oxygen atoms in total.